The van der Waals surface area contributed by atoms with Crippen molar-refractivity contribution in [3.8, 4) is 33.4 Å². The SMILES string of the molecule is CC1(C)c2ccccc2-c2cc(N(c3cccc(-c4ccccc4)c3)c3cccc(-c4ccc5c(ccc6ccc7ccc8ccccc8c7c65)c4)c3)ccc21. The van der Waals surface area contributed by atoms with Crippen molar-refractivity contribution >= 4 is 60.2 Å². The van der Waals surface area contributed by atoms with Crippen LogP contribution in [-0.2, 0) is 5.41 Å². The number of hydrogen-bond acceptors (Lipinski definition) is 1. The van der Waals surface area contributed by atoms with Gasteiger partial charge in [-0.05, 0) is 130 Å². The summed E-state index contributed by atoms with van der Waals surface area (Å²) in [6.45, 7) is 4.69. The zero-order chi connectivity index (χ0) is 37.4. The molecule has 0 N–H and O–H groups in total. The van der Waals surface area contributed by atoms with Crippen LogP contribution in [0.1, 0.15) is 25.0 Å². The highest BCUT2D eigenvalue weighted by atomic mass is 15.1. The highest BCUT2D eigenvalue weighted by Crippen LogP contribution is 2.51. The topological polar surface area (TPSA) is 3.24 Å². The Morgan fingerprint density at radius 2 is 0.857 bits per heavy atom. The van der Waals surface area contributed by atoms with Gasteiger partial charge in [-0.15, -0.1) is 0 Å². The van der Waals surface area contributed by atoms with E-state index < -0.39 is 0 Å². The van der Waals surface area contributed by atoms with E-state index in [1.165, 1.54) is 87.6 Å². The molecule has 0 spiro atoms. The summed E-state index contributed by atoms with van der Waals surface area (Å²) in [6, 6.07) is 74.0. The predicted octanol–water partition coefficient (Wildman–Crippen LogP) is 15.4. The molecule has 0 fully saturated rings. The average molecular weight is 714 g/mol. The van der Waals surface area contributed by atoms with E-state index in [1.807, 2.05) is 0 Å². The lowest BCUT2D eigenvalue weighted by atomic mass is 9.82. The number of hydrogen-bond donors (Lipinski definition) is 0. The summed E-state index contributed by atoms with van der Waals surface area (Å²) in [6.07, 6.45) is 0. The van der Waals surface area contributed by atoms with Gasteiger partial charge in [-0.3, -0.25) is 0 Å². The first-order valence-electron chi connectivity index (χ1n) is 19.6. The van der Waals surface area contributed by atoms with E-state index in [0.29, 0.717) is 0 Å². The van der Waals surface area contributed by atoms with E-state index in [9.17, 15) is 0 Å². The van der Waals surface area contributed by atoms with E-state index >= 15 is 0 Å². The third-order valence-corrected chi connectivity index (χ3v) is 12.2. The number of nitrogens with zero attached hydrogens (tertiary/aromatic N) is 1. The predicted molar refractivity (Wildman–Crippen MR) is 240 cm³/mol. The Hall–Kier alpha value is -6.96. The zero-order valence-electron chi connectivity index (χ0n) is 31.5. The first-order chi connectivity index (χ1) is 27.5. The molecule has 1 aliphatic carbocycles. The van der Waals surface area contributed by atoms with Crippen molar-refractivity contribution in [1.82, 2.24) is 0 Å². The molecule has 1 nitrogen and oxygen atoms in total. The summed E-state index contributed by atoms with van der Waals surface area (Å²) in [4.78, 5) is 2.43. The van der Waals surface area contributed by atoms with Crippen molar-refractivity contribution in [2.45, 2.75) is 19.3 Å². The van der Waals surface area contributed by atoms with E-state index in [0.717, 1.165) is 17.1 Å². The van der Waals surface area contributed by atoms with Crippen LogP contribution in [0.5, 0.6) is 0 Å². The van der Waals surface area contributed by atoms with Gasteiger partial charge in [0.25, 0.3) is 0 Å². The van der Waals surface area contributed by atoms with Crippen LogP contribution in [0, 0.1) is 0 Å². The summed E-state index contributed by atoms with van der Waals surface area (Å²) in [5, 5.41) is 10.3. The molecule has 0 aliphatic heterocycles. The second kappa shape index (κ2) is 12.5. The highest BCUT2D eigenvalue weighted by Gasteiger charge is 2.35. The van der Waals surface area contributed by atoms with E-state index in [4.69, 9.17) is 0 Å². The summed E-state index contributed by atoms with van der Waals surface area (Å²) in [7, 11) is 0. The van der Waals surface area contributed by atoms with E-state index in [-0.39, 0.29) is 5.41 Å². The molecule has 1 aliphatic rings. The van der Waals surface area contributed by atoms with E-state index in [2.05, 4.69) is 219 Å². The molecular weight excluding hydrogens is 675 g/mol. The molecule has 0 saturated heterocycles. The van der Waals surface area contributed by atoms with Crippen molar-refractivity contribution in [2.75, 3.05) is 4.90 Å². The van der Waals surface area contributed by atoms with Crippen LogP contribution >= 0.6 is 0 Å². The van der Waals surface area contributed by atoms with Crippen molar-refractivity contribution in [2.24, 2.45) is 0 Å². The fourth-order valence-electron chi connectivity index (χ4n) is 9.40. The van der Waals surface area contributed by atoms with Crippen LogP contribution in [0.2, 0.25) is 0 Å². The van der Waals surface area contributed by atoms with Crippen LogP contribution in [0.4, 0.5) is 17.1 Å². The fraction of sp³-hybridized carbons (Fsp3) is 0.0545. The van der Waals surface area contributed by atoms with Gasteiger partial charge in [0.2, 0.25) is 0 Å². The van der Waals surface area contributed by atoms with Crippen molar-refractivity contribution < 1.29 is 0 Å². The van der Waals surface area contributed by atoms with Gasteiger partial charge in [-0.2, -0.15) is 0 Å². The smallest absolute Gasteiger partial charge is 0.0468 e. The highest BCUT2D eigenvalue weighted by molar-refractivity contribution is 6.27. The van der Waals surface area contributed by atoms with Gasteiger partial charge in [0.15, 0.2) is 0 Å². The van der Waals surface area contributed by atoms with Crippen LogP contribution in [0.3, 0.4) is 0 Å². The minimum absolute atomic E-state index is 0.0524. The van der Waals surface area contributed by atoms with Crippen molar-refractivity contribution in [3.05, 3.63) is 211 Å². The fourth-order valence-corrected chi connectivity index (χ4v) is 9.40. The molecule has 0 saturated carbocycles. The molecule has 0 atom stereocenters. The maximum atomic E-state index is 2.43. The third kappa shape index (κ3) is 5.08. The van der Waals surface area contributed by atoms with Crippen LogP contribution < -0.4 is 4.90 Å². The van der Waals surface area contributed by atoms with E-state index in [1.54, 1.807) is 0 Å². The lowest BCUT2D eigenvalue weighted by Crippen LogP contribution is -2.15. The minimum Gasteiger partial charge on any atom is -0.310 e. The molecule has 264 valence electrons. The van der Waals surface area contributed by atoms with Crippen molar-refractivity contribution in [3.63, 3.8) is 0 Å². The molecule has 0 bridgehead atoms. The van der Waals surface area contributed by atoms with Gasteiger partial charge < -0.3 is 4.90 Å². The van der Waals surface area contributed by atoms with Gasteiger partial charge in [-0.25, -0.2) is 0 Å². The first-order valence-corrected chi connectivity index (χ1v) is 19.6. The summed E-state index contributed by atoms with van der Waals surface area (Å²) < 4.78 is 0. The van der Waals surface area contributed by atoms with Crippen LogP contribution in [0.25, 0.3) is 76.5 Å². The number of anilines is 3. The lowest BCUT2D eigenvalue weighted by molar-refractivity contribution is 0.660. The molecule has 1 heteroatoms. The number of benzene rings is 10. The quantitative estimate of drug-likeness (QED) is 0.161. The lowest BCUT2D eigenvalue weighted by Gasteiger charge is -2.28. The number of rotatable bonds is 5. The largest absolute Gasteiger partial charge is 0.310 e. The second-order valence-corrected chi connectivity index (χ2v) is 15.8. The Morgan fingerprint density at radius 1 is 0.321 bits per heavy atom. The Labute approximate surface area is 327 Å². The van der Waals surface area contributed by atoms with Crippen LogP contribution in [-0.4, -0.2) is 0 Å². The Balaban J connectivity index is 1.07. The standard InChI is InChI=1S/C55H39N/c1-55(2)51-21-9-8-20-49(51)50-35-46(29-31-52(50)55)56(44-17-10-15-40(33-44)36-12-4-3-5-13-36)45-18-11-16-41(34-45)42-28-30-48-43(32-42)27-26-39-25-24-38-23-22-37-14-6-7-19-47(37)53(38)54(39)48/h3-35H,1-2H3. The number of fused-ring (bicyclic) bond motifs is 10. The normalized spacial score (nSPS) is 13.0. The monoisotopic (exact) mass is 713 g/mol. The molecule has 0 radical (unpaired) electrons. The molecule has 11 rings (SSSR count). The molecule has 10 aromatic carbocycles. The maximum absolute atomic E-state index is 2.43. The average Bonchev–Trinajstić information content (AvgIpc) is 3.49. The summed E-state index contributed by atoms with van der Waals surface area (Å²) >= 11 is 0. The van der Waals surface area contributed by atoms with Gasteiger partial charge in [0.05, 0.1) is 0 Å². The van der Waals surface area contributed by atoms with Gasteiger partial charge in [-0.1, -0.05) is 172 Å². The second-order valence-electron chi connectivity index (χ2n) is 15.8. The minimum atomic E-state index is -0.0524. The third-order valence-electron chi connectivity index (χ3n) is 12.2. The first kappa shape index (κ1) is 32.5. The Morgan fingerprint density at radius 3 is 1.61 bits per heavy atom. The molecule has 10 aromatic rings. The van der Waals surface area contributed by atoms with Gasteiger partial charge >= 0.3 is 0 Å². The molecular formula is C55H39N. The maximum Gasteiger partial charge on any atom is 0.0468 e. The summed E-state index contributed by atoms with van der Waals surface area (Å²) in [5.41, 5.74) is 13.5. The Kier molecular flexibility index (Phi) is 7.28. The molecule has 0 unspecified atom stereocenters. The molecule has 0 aromatic heterocycles. The van der Waals surface area contributed by atoms with Gasteiger partial charge in [0, 0.05) is 22.5 Å². The van der Waals surface area contributed by atoms with Crippen molar-refractivity contribution in [1.29, 1.82) is 0 Å². The summed E-state index contributed by atoms with van der Waals surface area (Å²) in [5.74, 6) is 0. The van der Waals surface area contributed by atoms with Crippen LogP contribution in [0.15, 0.2) is 200 Å². The molecule has 56 heavy (non-hydrogen) atoms. The Bertz CT molecular complexity index is 3170. The molecule has 0 amide bonds. The molecule has 0 heterocycles. The zero-order valence-corrected chi connectivity index (χ0v) is 31.5. The van der Waals surface area contributed by atoms with Gasteiger partial charge in [0.1, 0.15) is 0 Å².